The molecule has 3 aromatic carbocycles. The Bertz CT molecular complexity index is 746. The lowest BCUT2D eigenvalue weighted by Crippen LogP contribution is -2.27. The van der Waals surface area contributed by atoms with Crippen LogP contribution in [-0.4, -0.2) is 5.91 Å². The summed E-state index contributed by atoms with van der Waals surface area (Å²) in [6.07, 6.45) is 0.260. The lowest BCUT2D eigenvalue weighted by molar-refractivity contribution is -0.117. The molecule has 0 bridgehead atoms. The number of nitrogens with two attached hydrogens (primary N) is 1. The van der Waals surface area contributed by atoms with Gasteiger partial charge in [-0.25, -0.2) is 0 Å². The van der Waals surface area contributed by atoms with Crippen molar-refractivity contribution < 1.29 is 4.79 Å². The van der Waals surface area contributed by atoms with E-state index in [1.54, 1.807) is 4.90 Å². The van der Waals surface area contributed by atoms with Crippen LogP contribution in [0.3, 0.4) is 0 Å². The molecule has 0 aliphatic rings. The highest BCUT2D eigenvalue weighted by Crippen LogP contribution is 2.26. The molecule has 3 rings (SSSR count). The van der Waals surface area contributed by atoms with Crippen molar-refractivity contribution in [3.63, 3.8) is 0 Å². The van der Waals surface area contributed by atoms with E-state index in [1.165, 1.54) is 0 Å². The average molecular weight is 302 g/mol. The van der Waals surface area contributed by atoms with E-state index in [1.807, 2.05) is 84.9 Å². The van der Waals surface area contributed by atoms with Gasteiger partial charge < -0.3 is 5.73 Å². The van der Waals surface area contributed by atoms with Crippen LogP contribution in [0.15, 0.2) is 84.9 Å². The first-order chi connectivity index (χ1) is 11.3. The molecule has 2 N–H and O–H groups in total. The molecule has 3 heteroatoms. The number of carbonyl (C=O) groups is 1. The maximum absolute atomic E-state index is 12.9. The van der Waals surface area contributed by atoms with Crippen molar-refractivity contribution in [2.45, 2.75) is 6.42 Å². The van der Waals surface area contributed by atoms with Gasteiger partial charge in [-0.3, -0.25) is 9.69 Å². The van der Waals surface area contributed by atoms with Crippen molar-refractivity contribution in [1.29, 1.82) is 0 Å². The van der Waals surface area contributed by atoms with Gasteiger partial charge in [-0.1, -0.05) is 54.6 Å². The summed E-state index contributed by atoms with van der Waals surface area (Å²) >= 11 is 0. The lowest BCUT2D eigenvalue weighted by atomic mass is 10.1. The van der Waals surface area contributed by atoms with Gasteiger partial charge in [-0.15, -0.1) is 0 Å². The van der Waals surface area contributed by atoms with Crippen LogP contribution in [0.1, 0.15) is 5.56 Å². The fraction of sp³-hybridized carbons (Fsp3) is 0.0500. The molecule has 0 unspecified atom stereocenters. The number of anilines is 3. The van der Waals surface area contributed by atoms with Gasteiger partial charge in [0.2, 0.25) is 5.91 Å². The maximum Gasteiger partial charge on any atom is 0.236 e. The fourth-order valence-electron chi connectivity index (χ4n) is 2.53. The molecular weight excluding hydrogens is 284 g/mol. The highest BCUT2D eigenvalue weighted by atomic mass is 16.2. The van der Waals surface area contributed by atoms with Crippen molar-refractivity contribution >= 4 is 23.0 Å². The van der Waals surface area contributed by atoms with Gasteiger partial charge in [0.05, 0.1) is 6.42 Å². The molecule has 0 saturated heterocycles. The van der Waals surface area contributed by atoms with E-state index in [9.17, 15) is 4.79 Å². The SMILES string of the molecule is Nc1ccccc1CC(=O)N(c1ccccc1)c1ccccc1. The second-order valence-corrected chi connectivity index (χ2v) is 5.28. The van der Waals surface area contributed by atoms with Crippen LogP contribution in [0.2, 0.25) is 0 Å². The summed E-state index contributed by atoms with van der Waals surface area (Å²) in [4.78, 5) is 14.7. The van der Waals surface area contributed by atoms with Gasteiger partial charge in [0.25, 0.3) is 0 Å². The molecule has 0 aliphatic carbocycles. The Hall–Kier alpha value is -3.07. The Balaban J connectivity index is 1.96. The summed E-state index contributed by atoms with van der Waals surface area (Å²) in [6, 6.07) is 26.8. The number of carbonyl (C=O) groups excluding carboxylic acids is 1. The van der Waals surface area contributed by atoms with Crippen LogP contribution in [0, 0.1) is 0 Å². The zero-order valence-corrected chi connectivity index (χ0v) is 12.7. The topological polar surface area (TPSA) is 46.3 Å². The monoisotopic (exact) mass is 302 g/mol. The summed E-state index contributed by atoms with van der Waals surface area (Å²) in [5, 5.41) is 0. The molecule has 0 heterocycles. The van der Waals surface area contributed by atoms with Gasteiger partial charge in [-0.05, 0) is 35.9 Å². The predicted molar refractivity (Wildman–Crippen MR) is 94.6 cm³/mol. The number of amides is 1. The molecule has 0 saturated carbocycles. The van der Waals surface area contributed by atoms with E-state index in [0.717, 1.165) is 16.9 Å². The Kier molecular flexibility index (Phi) is 4.39. The van der Waals surface area contributed by atoms with E-state index in [-0.39, 0.29) is 12.3 Å². The summed E-state index contributed by atoms with van der Waals surface area (Å²) in [7, 11) is 0. The summed E-state index contributed by atoms with van der Waals surface area (Å²) in [5.41, 5.74) is 9.15. The molecule has 1 amide bonds. The smallest absolute Gasteiger partial charge is 0.236 e. The summed E-state index contributed by atoms with van der Waals surface area (Å²) < 4.78 is 0. The number of benzene rings is 3. The molecule has 0 aromatic heterocycles. The molecule has 114 valence electrons. The number of nitrogens with zero attached hydrogens (tertiary/aromatic N) is 1. The number of hydrogen-bond acceptors (Lipinski definition) is 2. The normalized spacial score (nSPS) is 10.3. The molecule has 0 spiro atoms. The highest BCUT2D eigenvalue weighted by molar-refractivity contribution is 6.01. The van der Waals surface area contributed by atoms with Crippen LogP contribution >= 0.6 is 0 Å². The molecule has 0 atom stereocenters. The van der Waals surface area contributed by atoms with E-state index < -0.39 is 0 Å². The second kappa shape index (κ2) is 6.79. The van der Waals surface area contributed by atoms with Gasteiger partial charge in [0.15, 0.2) is 0 Å². The maximum atomic E-state index is 12.9. The Labute approximate surface area is 136 Å². The van der Waals surface area contributed by atoms with Crippen molar-refractivity contribution in [2.24, 2.45) is 0 Å². The zero-order chi connectivity index (χ0) is 16.1. The van der Waals surface area contributed by atoms with Gasteiger partial charge >= 0.3 is 0 Å². The van der Waals surface area contributed by atoms with Crippen molar-refractivity contribution in [3.05, 3.63) is 90.5 Å². The number of nitrogen functional groups attached to an aromatic ring is 1. The zero-order valence-electron chi connectivity index (χ0n) is 12.7. The molecule has 0 radical (unpaired) electrons. The van der Waals surface area contributed by atoms with E-state index in [2.05, 4.69) is 0 Å². The first-order valence-corrected chi connectivity index (χ1v) is 7.52. The van der Waals surface area contributed by atoms with Crippen molar-refractivity contribution in [3.8, 4) is 0 Å². The number of para-hydroxylation sites is 3. The Morgan fingerprint density at radius 1 is 0.739 bits per heavy atom. The second-order valence-electron chi connectivity index (χ2n) is 5.28. The average Bonchev–Trinajstić information content (AvgIpc) is 2.59. The van der Waals surface area contributed by atoms with Crippen LogP contribution in [-0.2, 0) is 11.2 Å². The third-order valence-electron chi connectivity index (χ3n) is 3.67. The van der Waals surface area contributed by atoms with Crippen molar-refractivity contribution in [1.82, 2.24) is 0 Å². The van der Waals surface area contributed by atoms with Crippen LogP contribution in [0.5, 0.6) is 0 Å². The molecular formula is C20H18N2O. The third kappa shape index (κ3) is 3.40. The van der Waals surface area contributed by atoms with Crippen LogP contribution in [0.4, 0.5) is 17.1 Å². The highest BCUT2D eigenvalue weighted by Gasteiger charge is 2.18. The van der Waals surface area contributed by atoms with E-state index >= 15 is 0 Å². The van der Waals surface area contributed by atoms with Crippen LogP contribution < -0.4 is 10.6 Å². The molecule has 0 fully saturated rings. The molecule has 3 aromatic rings. The Morgan fingerprint density at radius 2 is 1.22 bits per heavy atom. The largest absolute Gasteiger partial charge is 0.398 e. The predicted octanol–water partition coefficient (Wildman–Crippen LogP) is 4.18. The van der Waals surface area contributed by atoms with Gasteiger partial charge in [-0.2, -0.15) is 0 Å². The third-order valence-corrected chi connectivity index (χ3v) is 3.67. The number of rotatable bonds is 4. The van der Waals surface area contributed by atoms with Crippen LogP contribution in [0.25, 0.3) is 0 Å². The number of hydrogen-bond donors (Lipinski definition) is 1. The summed E-state index contributed by atoms with van der Waals surface area (Å²) in [5.74, 6) is -0.0136. The molecule has 23 heavy (non-hydrogen) atoms. The standard InChI is InChI=1S/C20H18N2O/c21-19-14-8-7-9-16(19)15-20(23)22(17-10-3-1-4-11-17)18-12-5-2-6-13-18/h1-14H,15,21H2. The van der Waals surface area contributed by atoms with E-state index in [0.29, 0.717) is 5.69 Å². The first kappa shape index (κ1) is 14.9. The summed E-state index contributed by atoms with van der Waals surface area (Å²) in [6.45, 7) is 0. The minimum atomic E-state index is -0.0136. The lowest BCUT2D eigenvalue weighted by Gasteiger charge is -2.23. The molecule has 0 aliphatic heterocycles. The minimum Gasteiger partial charge on any atom is -0.398 e. The van der Waals surface area contributed by atoms with E-state index in [4.69, 9.17) is 5.73 Å². The molecule has 3 nitrogen and oxygen atoms in total. The Morgan fingerprint density at radius 3 is 1.74 bits per heavy atom. The van der Waals surface area contributed by atoms with Gasteiger partial charge in [0, 0.05) is 17.1 Å². The fourth-order valence-corrected chi connectivity index (χ4v) is 2.53. The first-order valence-electron chi connectivity index (χ1n) is 7.52. The quantitative estimate of drug-likeness (QED) is 0.735. The van der Waals surface area contributed by atoms with Crippen molar-refractivity contribution in [2.75, 3.05) is 10.6 Å². The minimum absolute atomic E-state index is 0.0136. The van der Waals surface area contributed by atoms with Gasteiger partial charge in [0.1, 0.15) is 0 Å².